The Labute approximate surface area is 138 Å². The van der Waals surface area contributed by atoms with Crippen molar-refractivity contribution in [2.24, 2.45) is 0 Å². The van der Waals surface area contributed by atoms with E-state index in [1.807, 2.05) is 24.3 Å². The number of carboxylic acids is 1. The Morgan fingerprint density at radius 3 is 2.68 bits per heavy atom. The highest BCUT2D eigenvalue weighted by atomic mass is 35.5. The number of ether oxygens (including phenoxy) is 1. The van der Waals surface area contributed by atoms with Gasteiger partial charge in [0.2, 0.25) is 5.91 Å². The molecule has 1 heterocycles. The van der Waals surface area contributed by atoms with Gasteiger partial charge in [0.15, 0.2) is 5.54 Å². The molecule has 1 amide bonds. The fraction of sp³-hybridized carbons (Fsp3) is 0.467. The van der Waals surface area contributed by atoms with Gasteiger partial charge < -0.3 is 15.2 Å². The van der Waals surface area contributed by atoms with Crippen molar-refractivity contribution in [2.45, 2.75) is 29.7 Å². The Hall–Kier alpha value is -1.24. The Bertz CT molecular complexity index is 529. The molecule has 0 spiro atoms. The van der Waals surface area contributed by atoms with E-state index in [0.717, 1.165) is 10.6 Å². The third-order valence-electron chi connectivity index (χ3n) is 3.44. The van der Waals surface area contributed by atoms with Crippen LogP contribution in [0.4, 0.5) is 0 Å². The molecule has 1 aromatic rings. The first-order chi connectivity index (χ1) is 10.5. The summed E-state index contributed by atoms with van der Waals surface area (Å²) >= 11 is 7.45. The molecule has 7 heteroatoms. The SMILES string of the molecule is O=C(CCCSc1ccc(Cl)cc1)NC1(C(=O)O)CCOC1. The van der Waals surface area contributed by atoms with Gasteiger partial charge in [-0.05, 0) is 36.4 Å². The second-order valence-electron chi connectivity index (χ2n) is 5.14. The molecule has 0 aliphatic carbocycles. The van der Waals surface area contributed by atoms with Crippen LogP contribution in [0.5, 0.6) is 0 Å². The minimum absolute atomic E-state index is 0.0353. The number of nitrogens with one attached hydrogen (secondary N) is 1. The van der Waals surface area contributed by atoms with Crippen molar-refractivity contribution in [1.29, 1.82) is 0 Å². The fourth-order valence-electron chi connectivity index (χ4n) is 2.17. The van der Waals surface area contributed by atoms with E-state index in [9.17, 15) is 14.7 Å². The molecule has 22 heavy (non-hydrogen) atoms. The number of rotatable bonds is 7. The molecule has 0 aromatic heterocycles. The smallest absolute Gasteiger partial charge is 0.331 e. The highest BCUT2D eigenvalue weighted by Gasteiger charge is 2.43. The van der Waals surface area contributed by atoms with E-state index in [1.54, 1.807) is 11.8 Å². The number of halogens is 1. The first kappa shape index (κ1) is 17.1. The number of carboxylic acid groups (broad SMARTS) is 1. The van der Waals surface area contributed by atoms with Gasteiger partial charge in [0.1, 0.15) is 0 Å². The summed E-state index contributed by atoms with van der Waals surface area (Å²) in [5, 5.41) is 12.5. The summed E-state index contributed by atoms with van der Waals surface area (Å²) in [4.78, 5) is 24.3. The van der Waals surface area contributed by atoms with Crippen molar-refractivity contribution in [3.8, 4) is 0 Å². The molecule has 0 radical (unpaired) electrons. The average molecular weight is 344 g/mol. The predicted octanol–water partition coefficient (Wildman–Crippen LogP) is 2.57. The summed E-state index contributed by atoms with van der Waals surface area (Å²) in [5.41, 5.74) is -1.25. The number of carbonyl (C=O) groups excluding carboxylic acids is 1. The van der Waals surface area contributed by atoms with E-state index in [-0.39, 0.29) is 12.5 Å². The number of amides is 1. The van der Waals surface area contributed by atoms with Crippen molar-refractivity contribution in [3.05, 3.63) is 29.3 Å². The van der Waals surface area contributed by atoms with Crippen LogP contribution in [0.25, 0.3) is 0 Å². The standard InChI is InChI=1S/C15H18ClNO4S/c16-11-3-5-12(6-4-11)22-9-1-2-13(18)17-15(14(19)20)7-8-21-10-15/h3-6H,1-2,7-10H2,(H,17,18)(H,19,20). The lowest BCUT2D eigenvalue weighted by Crippen LogP contribution is -2.55. The van der Waals surface area contributed by atoms with Gasteiger partial charge in [0.05, 0.1) is 6.61 Å². The van der Waals surface area contributed by atoms with Crippen molar-refractivity contribution in [1.82, 2.24) is 5.32 Å². The number of benzene rings is 1. The lowest BCUT2D eigenvalue weighted by Gasteiger charge is -2.23. The quantitative estimate of drug-likeness (QED) is 0.588. The molecule has 1 aliphatic rings. The summed E-state index contributed by atoms with van der Waals surface area (Å²) in [6, 6.07) is 7.52. The second kappa shape index (κ2) is 7.85. The van der Waals surface area contributed by atoms with Gasteiger partial charge in [-0.2, -0.15) is 0 Å². The van der Waals surface area contributed by atoms with Crippen LogP contribution in [0.3, 0.4) is 0 Å². The maximum Gasteiger partial charge on any atom is 0.331 e. The third kappa shape index (κ3) is 4.63. The molecule has 1 fully saturated rings. The Balaban J connectivity index is 1.71. The van der Waals surface area contributed by atoms with Crippen molar-refractivity contribution >= 4 is 35.2 Å². The van der Waals surface area contributed by atoms with Crippen LogP contribution >= 0.6 is 23.4 Å². The Morgan fingerprint density at radius 2 is 2.09 bits per heavy atom. The van der Waals surface area contributed by atoms with E-state index < -0.39 is 11.5 Å². The highest BCUT2D eigenvalue weighted by molar-refractivity contribution is 7.99. The van der Waals surface area contributed by atoms with Crippen LogP contribution in [0.15, 0.2) is 29.2 Å². The molecular weight excluding hydrogens is 326 g/mol. The fourth-order valence-corrected chi connectivity index (χ4v) is 3.15. The van der Waals surface area contributed by atoms with Crippen LogP contribution in [0.2, 0.25) is 5.02 Å². The average Bonchev–Trinajstić information content (AvgIpc) is 2.95. The topological polar surface area (TPSA) is 75.6 Å². The highest BCUT2D eigenvalue weighted by Crippen LogP contribution is 2.22. The Morgan fingerprint density at radius 1 is 1.36 bits per heavy atom. The summed E-state index contributed by atoms with van der Waals surface area (Å²) in [6.45, 7) is 0.395. The largest absolute Gasteiger partial charge is 0.479 e. The first-order valence-corrected chi connectivity index (χ1v) is 8.39. The summed E-state index contributed by atoms with van der Waals surface area (Å²) in [6.07, 6.45) is 1.29. The zero-order valence-corrected chi connectivity index (χ0v) is 13.6. The van der Waals surface area contributed by atoms with E-state index in [2.05, 4.69) is 5.32 Å². The number of hydrogen-bond acceptors (Lipinski definition) is 4. The van der Waals surface area contributed by atoms with Crippen molar-refractivity contribution in [2.75, 3.05) is 19.0 Å². The molecule has 5 nitrogen and oxygen atoms in total. The van der Waals surface area contributed by atoms with Gasteiger partial charge in [-0.1, -0.05) is 11.6 Å². The van der Waals surface area contributed by atoms with E-state index in [4.69, 9.17) is 16.3 Å². The maximum atomic E-state index is 11.9. The van der Waals surface area contributed by atoms with Gasteiger partial charge in [-0.3, -0.25) is 4.79 Å². The number of hydrogen-bond donors (Lipinski definition) is 2. The summed E-state index contributed by atoms with van der Waals surface area (Å²) in [5.74, 6) is -0.496. The lowest BCUT2D eigenvalue weighted by atomic mass is 9.99. The predicted molar refractivity (Wildman–Crippen MR) is 85.4 cm³/mol. The molecule has 1 unspecified atom stereocenters. The first-order valence-electron chi connectivity index (χ1n) is 7.02. The van der Waals surface area contributed by atoms with Gasteiger partial charge in [0, 0.05) is 29.4 Å². The molecule has 2 rings (SSSR count). The monoisotopic (exact) mass is 343 g/mol. The normalized spacial score (nSPS) is 20.8. The molecule has 120 valence electrons. The van der Waals surface area contributed by atoms with Crippen molar-refractivity contribution in [3.63, 3.8) is 0 Å². The molecule has 0 bridgehead atoms. The second-order valence-corrected chi connectivity index (χ2v) is 6.75. The molecule has 0 saturated carbocycles. The van der Waals surface area contributed by atoms with Gasteiger partial charge >= 0.3 is 5.97 Å². The summed E-state index contributed by atoms with van der Waals surface area (Å²) in [7, 11) is 0. The zero-order chi connectivity index (χ0) is 16.0. The van der Waals surface area contributed by atoms with Gasteiger partial charge in [0.25, 0.3) is 0 Å². The van der Waals surface area contributed by atoms with Crippen LogP contribution in [0.1, 0.15) is 19.3 Å². The molecule has 1 aliphatic heterocycles. The van der Waals surface area contributed by atoms with Crippen LogP contribution < -0.4 is 5.32 Å². The minimum atomic E-state index is -1.25. The molecular formula is C15H18ClNO4S. The summed E-state index contributed by atoms with van der Waals surface area (Å²) < 4.78 is 5.11. The number of aliphatic carboxylic acids is 1. The number of carbonyl (C=O) groups is 2. The molecule has 1 saturated heterocycles. The van der Waals surface area contributed by atoms with Crippen LogP contribution in [0, 0.1) is 0 Å². The van der Waals surface area contributed by atoms with E-state index in [0.29, 0.717) is 30.9 Å². The van der Waals surface area contributed by atoms with E-state index in [1.165, 1.54) is 0 Å². The molecule has 2 N–H and O–H groups in total. The zero-order valence-electron chi connectivity index (χ0n) is 12.0. The Kier molecular flexibility index (Phi) is 6.11. The number of thioether (sulfide) groups is 1. The minimum Gasteiger partial charge on any atom is -0.479 e. The van der Waals surface area contributed by atoms with Crippen LogP contribution in [-0.2, 0) is 14.3 Å². The maximum absolute atomic E-state index is 11.9. The van der Waals surface area contributed by atoms with Gasteiger partial charge in [-0.15, -0.1) is 11.8 Å². The van der Waals surface area contributed by atoms with Crippen molar-refractivity contribution < 1.29 is 19.4 Å². The third-order valence-corrected chi connectivity index (χ3v) is 4.79. The van der Waals surface area contributed by atoms with Crippen LogP contribution in [-0.4, -0.2) is 41.5 Å². The van der Waals surface area contributed by atoms with E-state index >= 15 is 0 Å². The molecule has 1 aromatic carbocycles. The lowest BCUT2D eigenvalue weighted by molar-refractivity contribution is -0.147. The van der Waals surface area contributed by atoms with Gasteiger partial charge in [-0.25, -0.2) is 4.79 Å². The molecule has 1 atom stereocenters.